The lowest BCUT2D eigenvalue weighted by molar-refractivity contribution is 0.0696. The predicted octanol–water partition coefficient (Wildman–Crippen LogP) is 3.86. The Hall–Kier alpha value is -1.42. The van der Waals surface area contributed by atoms with E-state index in [1.807, 2.05) is 0 Å². The maximum Gasteiger partial charge on any atom is 0.335 e. The van der Waals surface area contributed by atoms with Gasteiger partial charge in [0.05, 0.1) is 24.3 Å². The Labute approximate surface area is 118 Å². The van der Waals surface area contributed by atoms with Crippen molar-refractivity contribution in [3.8, 4) is 11.5 Å². The van der Waals surface area contributed by atoms with E-state index in [1.165, 1.54) is 19.2 Å². The standard InChI is InChI=1S/C14H19ClO4/c1-14(2,3)5-6-19-12-10(15)7-9(13(16)17)8-11(12)18-4/h7-8H,5-6H2,1-4H3,(H,16,17). The predicted molar refractivity (Wildman–Crippen MR) is 74.5 cm³/mol. The van der Waals surface area contributed by atoms with E-state index in [0.717, 1.165) is 6.42 Å². The smallest absolute Gasteiger partial charge is 0.335 e. The molecule has 1 aromatic rings. The number of ether oxygens (including phenoxy) is 2. The largest absolute Gasteiger partial charge is 0.493 e. The number of hydrogen-bond donors (Lipinski definition) is 1. The van der Waals surface area contributed by atoms with Gasteiger partial charge < -0.3 is 14.6 Å². The van der Waals surface area contributed by atoms with E-state index in [0.29, 0.717) is 18.1 Å². The molecule has 4 nitrogen and oxygen atoms in total. The van der Waals surface area contributed by atoms with E-state index in [9.17, 15) is 4.79 Å². The maximum absolute atomic E-state index is 10.9. The van der Waals surface area contributed by atoms with Gasteiger partial charge in [-0.3, -0.25) is 0 Å². The summed E-state index contributed by atoms with van der Waals surface area (Å²) in [5.41, 5.74) is 0.228. The normalized spacial score (nSPS) is 11.2. The first-order valence-corrected chi connectivity index (χ1v) is 6.36. The van der Waals surface area contributed by atoms with Crippen LogP contribution >= 0.6 is 11.6 Å². The van der Waals surface area contributed by atoms with Gasteiger partial charge >= 0.3 is 5.97 Å². The third-order valence-corrected chi connectivity index (χ3v) is 2.86. The number of hydrogen-bond acceptors (Lipinski definition) is 3. The zero-order valence-electron chi connectivity index (χ0n) is 11.6. The number of methoxy groups -OCH3 is 1. The number of carboxylic acids is 1. The molecule has 0 spiro atoms. The minimum Gasteiger partial charge on any atom is -0.493 e. The van der Waals surface area contributed by atoms with Crippen molar-refractivity contribution >= 4 is 17.6 Å². The lowest BCUT2D eigenvalue weighted by Crippen LogP contribution is -2.11. The molecular formula is C14H19ClO4. The molecule has 0 aliphatic heterocycles. The Balaban J connectivity index is 2.91. The van der Waals surface area contributed by atoms with Crippen LogP contribution in [-0.4, -0.2) is 24.8 Å². The molecule has 0 unspecified atom stereocenters. The molecular weight excluding hydrogens is 268 g/mol. The van der Waals surface area contributed by atoms with E-state index in [-0.39, 0.29) is 16.0 Å². The van der Waals surface area contributed by atoms with Crippen LogP contribution in [0, 0.1) is 5.41 Å². The number of benzene rings is 1. The molecule has 0 atom stereocenters. The van der Waals surface area contributed by atoms with Crippen LogP contribution in [0.3, 0.4) is 0 Å². The van der Waals surface area contributed by atoms with Crippen molar-refractivity contribution in [1.82, 2.24) is 0 Å². The molecule has 0 aliphatic rings. The van der Waals surface area contributed by atoms with Crippen LogP contribution in [0.15, 0.2) is 12.1 Å². The van der Waals surface area contributed by atoms with Gasteiger partial charge in [-0.15, -0.1) is 0 Å². The minimum atomic E-state index is -1.05. The van der Waals surface area contributed by atoms with Crippen molar-refractivity contribution in [3.05, 3.63) is 22.7 Å². The van der Waals surface area contributed by atoms with Crippen LogP contribution in [0.25, 0.3) is 0 Å². The molecule has 0 saturated heterocycles. The second kappa shape index (κ2) is 6.15. The van der Waals surface area contributed by atoms with Gasteiger partial charge in [-0.25, -0.2) is 4.79 Å². The molecule has 1 aromatic carbocycles. The third-order valence-electron chi connectivity index (χ3n) is 2.57. The summed E-state index contributed by atoms with van der Waals surface area (Å²) in [5.74, 6) is -0.335. The summed E-state index contributed by atoms with van der Waals surface area (Å²) in [4.78, 5) is 10.9. The van der Waals surface area contributed by atoms with Gasteiger partial charge in [-0.05, 0) is 24.0 Å². The fourth-order valence-electron chi connectivity index (χ4n) is 1.44. The van der Waals surface area contributed by atoms with Crippen LogP contribution in [0.2, 0.25) is 5.02 Å². The molecule has 1 N–H and O–H groups in total. The summed E-state index contributed by atoms with van der Waals surface area (Å²) in [6.07, 6.45) is 0.854. The van der Waals surface area contributed by atoms with Gasteiger partial charge in [-0.1, -0.05) is 32.4 Å². The van der Waals surface area contributed by atoms with E-state index in [4.69, 9.17) is 26.2 Å². The van der Waals surface area contributed by atoms with Crippen LogP contribution < -0.4 is 9.47 Å². The highest BCUT2D eigenvalue weighted by molar-refractivity contribution is 6.32. The van der Waals surface area contributed by atoms with Gasteiger partial charge in [0.15, 0.2) is 11.5 Å². The monoisotopic (exact) mass is 286 g/mol. The van der Waals surface area contributed by atoms with Gasteiger partial charge in [0, 0.05) is 0 Å². The number of aromatic carboxylic acids is 1. The molecule has 0 saturated carbocycles. The second-order valence-electron chi connectivity index (χ2n) is 5.45. The van der Waals surface area contributed by atoms with E-state index in [1.54, 1.807) is 0 Å². The average molecular weight is 287 g/mol. The lowest BCUT2D eigenvalue weighted by Gasteiger charge is -2.19. The molecule has 106 valence electrons. The summed E-state index contributed by atoms with van der Waals surface area (Å²) >= 11 is 6.04. The third kappa shape index (κ3) is 4.63. The van der Waals surface area contributed by atoms with Crippen molar-refractivity contribution in [2.75, 3.05) is 13.7 Å². The molecule has 0 heterocycles. The van der Waals surface area contributed by atoms with Crippen LogP contribution in [-0.2, 0) is 0 Å². The van der Waals surface area contributed by atoms with Crippen LogP contribution in [0.5, 0.6) is 11.5 Å². The number of halogens is 1. The first kappa shape index (κ1) is 15.6. The molecule has 1 rings (SSSR count). The summed E-state index contributed by atoms with van der Waals surface area (Å²) in [6.45, 7) is 6.83. The number of rotatable bonds is 5. The highest BCUT2D eigenvalue weighted by Gasteiger charge is 2.16. The SMILES string of the molecule is COc1cc(C(=O)O)cc(Cl)c1OCCC(C)(C)C. The van der Waals surface area contributed by atoms with Gasteiger partial charge in [-0.2, -0.15) is 0 Å². The molecule has 5 heteroatoms. The quantitative estimate of drug-likeness (QED) is 0.893. The summed E-state index contributed by atoms with van der Waals surface area (Å²) in [5, 5.41) is 9.19. The maximum atomic E-state index is 10.9. The molecule has 0 radical (unpaired) electrons. The van der Waals surface area contributed by atoms with Gasteiger partial charge in [0.25, 0.3) is 0 Å². The highest BCUT2D eigenvalue weighted by Crippen LogP contribution is 2.37. The summed E-state index contributed by atoms with van der Waals surface area (Å²) in [7, 11) is 1.45. The number of carboxylic acid groups (broad SMARTS) is 1. The van der Waals surface area contributed by atoms with Crippen molar-refractivity contribution in [1.29, 1.82) is 0 Å². The zero-order valence-corrected chi connectivity index (χ0v) is 12.4. The number of carbonyl (C=O) groups is 1. The topological polar surface area (TPSA) is 55.8 Å². The van der Waals surface area contributed by atoms with Crippen LogP contribution in [0.1, 0.15) is 37.6 Å². The molecule has 0 bridgehead atoms. The first-order chi connectivity index (χ1) is 8.74. The van der Waals surface area contributed by atoms with E-state index in [2.05, 4.69) is 20.8 Å². The lowest BCUT2D eigenvalue weighted by atomic mass is 9.93. The average Bonchev–Trinajstić information content (AvgIpc) is 2.28. The Morgan fingerprint density at radius 2 is 2.00 bits per heavy atom. The summed E-state index contributed by atoms with van der Waals surface area (Å²) < 4.78 is 10.7. The van der Waals surface area contributed by atoms with Crippen molar-refractivity contribution in [3.63, 3.8) is 0 Å². The Morgan fingerprint density at radius 1 is 1.37 bits per heavy atom. The Bertz CT molecular complexity index is 463. The molecule has 0 aromatic heterocycles. The Kier molecular flexibility index (Phi) is 5.06. The molecule has 0 amide bonds. The van der Waals surface area contributed by atoms with E-state index >= 15 is 0 Å². The molecule has 19 heavy (non-hydrogen) atoms. The van der Waals surface area contributed by atoms with Gasteiger partial charge in [0.1, 0.15) is 0 Å². The van der Waals surface area contributed by atoms with E-state index < -0.39 is 5.97 Å². The van der Waals surface area contributed by atoms with Crippen molar-refractivity contribution < 1.29 is 19.4 Å². The fraction of sp³-hybridized carbons (Fsp3) is 0.500. The fourth-order valence-corrected chi connectivity index (χ4v) is 1.71. The van der Waals surface area contributed by atoms with Crippen molar-refractivity contribution in [2.45, 2.75) is 27.2 Å². The highest BCUT2D eigenvalue weighted by atomic mass is 35.5. The van der Waals surface area contributed by atoms with Gasteiger partial charge in [0.2, 0.25) is 0 Å². The molecule has 0 aliphatic carbocycles. The van der Waals surface area contributed by atoms with Crippen molar-refractivity contribution in [2.24, 2.45) is 5.41 Å². The minimum absolute atomic E-state index is 0.0741. The van der Waals surface area contributed by atoms with Crippen LogP contribution in [0.4, 0.5) is 0 Å². The Morgan fingerprint density at radius 3 is 2.47 bits per heavy atom. The summed E-state index contributed by atoms with van der Waals surface area (Å²) in [6, 6.07) is 2.76. The second-order valence-corrected chi connectivity index (χ2v) is 5.86. The molecule has 0 fully saturated rings. The zero-order chi connectivity index (χ0) is 14.6. The first-order valence-electron chi connectivity index (χ1n) is 5.98.